The van der Waals surface area contributed by atoms with Gasteiger partial charge in [0.25, 0.3) is 0 Å². The highest BCUT2D eigenvalue weighted by Crippen LogP contribution is 2.42. The van der Waals surface area contributed by atoms with E-state index >= 15 is 0 Å². The highest BCUT2D eigenvalue weighted by atomic mass is 16.6. The number of nitrogens with two attached hydrogens (primary N) is 1. The fraction of sp³-hybridized carbons (Fsp3) is 0.333. The number of nitrogens with zero attached hydrogens (tertiary/aromatic N) is 3. The summed E-state index contributed by atoms with van der Waals surface area (Å²) in [7, 11) is 0. The van der Waals surface area contributed by atoms with Gasteiger partial charge in [-0.25, -0.2) is 9.78 Å². The Morgan fingerprint density at radius 1 is 1.09 bits per heavy atom. The maximum Gasteiger partial charge on any atom is 0.411 e. The van der Waals surface area contributed by atoms with Crippen LogP contribution in [0.1, 0.15) is 73.8 Å². The first kappa shape index (κ1) is 33.1. The van der Waals surface area contributed by atoms with Gasteiger partial charge in [-0.1, -0.05) is 54.6 Å². The van der Waals surface area contributed by atoms with E-state index in [-0.39, 0.29) is 12.1 Å². The number of amides is 2. The van der Waals surface area contributed by atoms with Gasteiger partial charge in [0.2, 0.25) is 11.8 Å². The van der Waals surface area contributed by atoms with E-state index in [1.165, 1.54) is 6.20 Å². The number of primary amides is 1. The average Bonchev–Trinajstić information content (AvgIpc) is 3.01. The zero-order valence-electron chi connectivity index (χ0n) is 26.6. The molecule has 0 aliphatic carbocycles. The standard InChI is InChI=1S/C30H36N2O4.C6H6N2O/c1-6-35-27-19-25(18-21(2)31-27)24-14-12-23(13-15-24)22(3)32-17-16-30(36-28(32)33,20-29(4,5)34)26-10-8-7-9-11-26;7-6(9)5-2-1-3-8-4-5/h7-15,18-19,22,34H,6,16-17,20H2,1-5H3;1-4H,(H2,7,9)/t22-,30-;/m0./s1. The number of carbonyl (C=O) groups excluding carboxylic acids is 2. The second-order valence-corrected chi connectivity index (χ2v) is 11.8. The third-order valence-corrected chi connectivity index (χ3v) is 7.65. The Balaban J connectivity index is 0.000000440. The third-order valence-electron chi connectivity index (χ3n) is 7.65. The molecular formula is C36H42N4O5. The molecule has 2 aromatic carbocycles. The predicted octanol–water partition coefficient (Wildman–Crippen LogP) is 6.60. The lowest BCUT2D eigenvalue weighted by molar-refractivity contribution is -0.101. The van der Waals surface area contributed by atoms with E-state index in [9.17, 15) is 14.7 Å². The fourth-order valence-electron chi connectivity index (χ4n) is 5.56. The topological polar surface area (TPSA) is 128 Å². The van der Waals surface area contributed by atoms with Crippen LogP contribution < -0.4 is 10.5 Å². The van der Waals surface area contributed by atoms with E-state index in [2.05, 4.69) is 34.2 Å². The molecule has 3 heterocycles. The molecule has 5 rings (SSSR count). The highest BCUT2D eigenvalue weighted by Gasteiger charge is 2.46. The third kappa shape index (κ3) is 8.67. The molecule has 9 nitrogen and oxygen atoms in total. The number of benzene rings is 2. The molecule has 1 aliphatic heterocycles. The minimum absolute atomic E-state index is 0.152. The molecule has 1 aliphatic rings. The number of aromatic nitrogens is 2. The summed E-state index contributed by atoms with van der Waals surface area (Å²) < 4.78 is 11.7. The molecule has 0 unspecified atom stereocenters. The normalized spacial score (nSPS) is 17.0. The van der Waals surface area contributed by atoms with Crippen molar-refractivity contribution in [2.75, 3.05) is 13.2 Å². The zero-order chi connectivity index (χ0) is 32.6. The molecule has 0 spiro atoms. The maximum atomic E-state index is 13.3. The molecule has 2 atom stereocenters. The molecule has 1 fully saturated rings. The first-order chi connectivity index (χ1) is 21.4. The molecule has 2 amide bonds. The van der Waals surface area contributed by atoms with Crippen LogP contribution in [-0.4, -0.2) is 50.7 Å². The molecular weight excluding hydrogens is 568 g/mol. The summed E-state index contributed by atoms with van der Waals surface area (Å²) in [6.45, 7) is 10.5. The second kappa shape index (κ2) is 14.3. The van der Waals surface area contributed by atoms with Crippen molar-refractivity contribution in [3.63, 3.8) is 0 Å². The monoisotopic (exact) mass is 610 g/mol. The van der Waals surface area contributed by atoms with Gasteiger partial charge in [0.05, 0.1) is 23.8 Å². The van der Waals surface area contributed by atoms with Crippen LogP contribution in [0.5, 0.6) is 5.88 Å². The van der Waals surface area contributed by atoms with Crippen LogP contribution in [-0.2, 0) is 10.3 Å². The SMILES string of the molecule is CCOc1cc(-c2ccc([C@H](C)N3CC[C@](CC(C)(C)O)(c4ccccc4)OC3=O)cc2)cc(C)n1.NC(=O)c1cccnc1. The van der Waals surface area contributed by atoms with Gasteiger partial charge in [0.1, 0.15) is 5.60 Å². The summed E-state index contributed by atoms with van der Waals surface area (Å²) >= 11 is 0. The van der Waals surface area contributed by atoms with E-state index in [0.29, 0.717) is 37.4 Å². The molecule has 4 aromatic rings. The van der Waals surface area contributed by atoms with Gasteiger partial charge >= 0.3 is 6.09 Å². The lowest BCUT2D eigenvalue weighted by Gasteiger charge is -2.45. The molecule has 9 heteroatoms. The Hall–Kier alpha value is -4.76. The molecule has 0 bridgehead atoms. The predicted molar refractivity (Wildman–Crippen MR) is 174 cm³/mol. The van der Waals surface area contributed by atoms with E-state index in [1.54, 1.807) is 37.1 Å². The van der Waals surface area contributed by atoms with Crippen LogP contribution in [0, 0.1) is 6.92 Å². The van der Waals surface area contributed by atoms with Gasteiger partial charge < -0.3 is 25.2 Å². The van der Waals surface area contributed by atoms with Crippen molar-refractivity contribution in [2.24, 2.45) is 5.73 Å². The molecule has 1 saturated heterocycles. The van der Waals surface area contributed by atoms with E-state index < -0.39 is 17.1 Å². The molecule has 45 heavy (non-hydrogen) atoms. The summed E-state index contributed by atoms with van der Waals surface area (Å²) in [6.07, 6.45) is 3.60. The Bertz CT molecular complexity index is 1570. The molecule has 3 N–H and O–H groups in total. The Labute approximate surface area is 265 Å². The number of hydrogen-bond acceptors (Lipinski definition) is 7. The number of aryl methyl sites for hydroxylation is 1. The number of rotatable bonds is 9. The Morgan fingerprint density at radius 3 is 2.36 bits per heavy atom. The van der Waals surface area contributed by atoms with Crippen molar-refractivity contribution in [3.05, 3.63) is 114 Å². The quantitative estimate of drug-likeness (QED) is 0.219. The van der Waals surface area contributed by atoms with E-state index in [0.717, 1.165) is 27.9 Å². The van der Waals surface area contributed by atoms with Crippen molar-refractivity contribution in [1.82, 2.24) is 14.9 Å². The van der Waals surface area contributed by atoms with Crippen molar-refractivity contribution >= 4 is 12.0 Å². The van der Waals surface area contributed by atoms with Gasteiger partial charge in [-0.15, -0.1) is 0 Å². The Kier molecular flexibility index (Phi) is 10.6. The number of aliphatic hydroxyl groups is 1. The molecule has 236 valence electrons. The molecule has 0 radical (unpaired) electrons. The summed E-state index contributed by atoms with van der Waals surface area (Å²) in [6, 6.07) is 25.1. The van der Waals surface area contributed by atoms with Crippen LogP contribution in [0.25, 0.3) is 11.1 Å². The summed E-state index contributed by atoms with van der Waals surface area (Å²) in [5.74, 6) is 0.178. The van der Waals surface area contributed by atoms with E-state index in [1.807, 2.05) is 63.2 Å². The molecule has 0 saturated carbocycles. The Morgan fingerprint density at radius 2 is 1.80 bits per heavy atom. The summed E-state index contributed by atoms with van der Waals surface area (Å²) in [5, 5.41) is 10.6. The van der Waals surface area contributed by atoms with Crippen LogP contribution in [0.2, 0.25) is 0 Å². The van der Waals surface area contributed by atoms with Crippen LogP contribution in [0.3, 0.4) is 0 Å². The van der Waals surface area contributed by atoms with Gasteiger partial charge in [-0.3, -0.25) is 9.78 Å². The highest BCUT2D eigenvalue weighted by molar-refractivity contribution is 5.92. The zero-order valence-corrected chi connectivity index (χ0v) is 26.6. The number of ether oxygens (including phenoxy) is 2. The summed E-state index contributed by atoms with van der Waals surface area (Å²) in [5.41, 5.74) is 8.49. The first-order valence-corrected chi connectivity index (χ1v) is 15.1. The number of cyclic esters (lactones) is 1. The lowest BCUT2D eigenvalue weighted by atomic mass is 9.80. The van der Waals surface area contributed by atoms with Crippen LogP contribution in [0.4, 0.5) is 4.79 Å². The van der Waals surface area contributed by atoms with Crippen molar-refractivity contribution in [3.8, 4) is 17.0 Å². The van der Waals surface area contributed by atoms with Crippen LogP contribution >= 0.6 is 0 Å². The van der Waals surface area contributed by atoms with Crippen molar-refractivity contribution in [2.45, 2.75) is 64.7 Å². The van der Waals surface area contributed by atoms with E-state index in [4.69, 9.17) is 15.2 Å². The van der Waals surface area contributed by atoms with Gasteiger partial charge in [-0.05, 0) is 75.1 Å². The molecule has 2 aromatic heterocycles. The smallest absolute Gasteiger partial charge is 0.411 e. The van der Waals surface area contributed by atoms with Crippen molar-refractivity contribution < 1.29 is 24.2 Å². The van der Waals surface area contributed by atoms with Gasteiger partial charge in [-0.2, -0.15) is 0 Å². The number of carbonyl (C=O) groups is 2. The fourth-order valence-corrected chi connectivity index (χ4v) is 5.56. The van der Waals surface area contributed by atoms with Gasteiger partial charge in [0.15, 0.2) is 0 Å². The first-order valence-electron chi connectivity index (χ1n) is 15.1. The minimum Gasteiger partial charge on any atom is -0.478 e. The average molecular weight is 611 g/mol. The van der Waals surface area contributed by atoms with Crippen LogP contribution in [0.15, 0.2) is 91.3 Å². The summed E-state index contributed by atoms with van der Waals surface area (Å²) in [4.78, 5) is 33.6. The largest absolute Gasteiger partial charge is 0.478 e. The minimum atomic E-state index is -0.979. The van der Waals surface area contributed by atoms with Crippen molar-refractivity contribution in [1.29, 1.82) is 0 Å². The van der Waals surface area contributed by atoms with Gasteiger partial charge in [0, 0.05) is 43.5 Å². The lowest BCUT2D eigenvalue weighted by Crippen LogP contribution is -2.51. The maximum absolute atomic E-state index is 13.3. The number of hydrogen-bond donors (Lipinski definition) is 2. The second-order valence-electron chi connectivity index (χ2n) is 11.8. The number of pyridine rings is 2.